The minimum Gasteiger partial charge on any atom is -0.335 e. The van der Waals surface area contributed by atoms with E-state index in [4.69, 9.17) is 4.52 Å². The van der Waals surface area contributed by atoms with Crippen LogP contribution in [0.3, 0.4) is 0 Å². The van der Waals surface area contributed by atoms with Crippen molar-refractivity contribution >= 4 is 21.1 Å². The van der Waals surface area contributed by atoms with E-state index in [0.29, 0.717) is 16.8 Å². The Kier molecular flexibility index (Phi) is 5.94. The Morgan fingerprint density at radius 2 is 1.97 bits per heavy atom. The number of fused-ring (bicyclic) bond motifs is 1. The number of hydrogen-bond donors (Lipinski definition) is 1. The van der Waals surface area contributed by atoms with E-state index < -0.39 is 10.0 Å². The van der Waals surface area contributed by atoms with Crippen molar-refractivity contribution in [3.8, 4) is 11.3 Å². The monoisotopic (exact) mass is 414 g/mol. The third-order valence-electron chi connectivity index (χ3n) is 5.40. The number of rotatable bonds is 7. The minimum atomic E-state index is -3.66. The van der Waals surface area contributed by atoms with Crippen LogP contribution in [0.4, 0.5) is 0 Å². The van der Waals surface area contributed by atoms with Crippen molar-refractivity contribution in [2.75, 3.05) is 19.6 Å². The molecule has 1 N–H and O–H groups in total. The summed E-state index contributed by atoms with van der Waals surface area (Å²) in [5, 5.41) is 4.67. The Morgan fingerprint density at radius 3 is 2.69 bits per heavy atom. The van der Waals surface area contributed by atoms with Crippen LogP contribution in [0.25, 0.3) is 22.4 Å². The molecule has 29 heavy (non-hydrogen) atoms. The molecule has 0 spiro atoms. The fourth-order valence-corrected chi connectivity index (χ4v) is 4.98. The molecule has 1 saturated heterocycles. The van der Waals surface area contributed by atoms with E-state index in [-0.39, 0.29) is 10.9 Å². The van der Waals surface area contributed by atoms with Crippen LogP contribution in [0.5, 0.6) is 0 Å². The molecular weight excluding hydrogens is 388 g/mol. The average Bonchev–Trinajstić information content (AvgIpc) is 3.17. The van der Waals surface area contributed by atoms with Crippen LogP contribution in [-0.4, -0.2) is 49.1 Å². The number of benzene rings is 1. The molecule has 8 heteroatoms. The molecule has 3 heterocycles. The highest BCUT2D eigenvalue weighted by Gasteiger charge is 2.25. The second-order valence-electron chi connectivity index (χ2n) is 7.51. The molecule has 0 saturated carbocycles. The maximum atomic E-state index is 13.0. The zero-order chi connectivity index (χ0) is 20.3. The summed E-state index contributed by atoms with van der Waals surface area (Å²) < 4.78 is 34.0. The molecule has 1 aliphatic rings. The molecule has 0 unspecified atom stereocenters. The summed E-state index contributed by atoms with van der Waals surface area (Å²) in [4.78, 5) is 6.72. The van der Waals surface area contributed by atoms with E-state index in [1.807, 2.05) is 30.3 Å². The van der Waals surface area contributed by atoms with E-state index >= 15 is 0 Å². The van der Waals surface area contributed by atoms with E-state index in [1.165, 1.54) is 19.0 Å². The standard InChI is InChI=1S/C21H26N4O3S/c1-2-3-11-25-12-9-17(10-13-25)24-29(26,27)18-14-19-20(16-7-5-4-6-8-16)23-28-21(19)22-15-18/h4-8,14-15,17,24H,2-3,9-13H2,1H3. The number of aromatic nitrogens is 2. The minimum absolute atomic E-state index is 0.0513. The van der Waals surface area contributed by atoms with Gasteiger partial charge in [0.1, 0.15) is 10.6 Å². The van der Waals surface area contributed by atoms with Crippen LogP contribution in [0.1, 0.15) is 32.6 Å². The lowest BCUT2D eigenvalue weighted by Crippen LogP contribution is -2.44. The van der Waals surface area contributed by atoms with Crippen LogP contribution < -0.4 is 4.72 Å². The van der Waals surface area contributed by atoms with Crippen LogP contribution in [0, 0.1) is 0 Å². The summed E-state index contributed by atoms with van der Waals surface area (Å²) in [7, 11) is -3.66. The molecule has 0 aliphatic carbocycles. The van der Waals surface area contributed by atoms with E-state index in [0.717, 1.165) is 38.0 Å². The summed E-state index contributed by atoms with van der Waals surface area (Å²) in [6.45, 7) is 5.12. The van der Waals surface area contributed by atoms with E-state index in [1.54, 1.807) is 6.07 Å². The third-order valence-corrected chi connectivity index (χ3v) is 6.89. The Hall–Kier alpha value is -2.29. The molecule has 4 rings (SSSR count). The predicted octanol–water partition coefficient (Wildman–Crippen LogP) is 3.43. The zero-order valence-corrected chi connectivity index (χ0v) is 17.4. The molecule has 0 bridgehead atoms. The Morgan fingerprint density at radius 1 is 1.21 bits per heavy atom. The predicted molar refractivity (Wildman–Crippen MR) is 112 cm³/mol. The molecule has 0 atom stereocenters. The number of hydrogen-bond acceptors (Lipinski definition) is 6. The number of nitrogens with one attached hydrogen (secondary N) is 1. The molecule has 0 amide bonds. The van der Waals surface area contributed by atoms with Crippen molar-refractivity contribution in [2.45, 2.75) is 43.5 Å². The molecule has 3 aromatic rings. The summed E-state index contributed by atoms with van der Waals surface area (Å²) in [5.41, 5.74) is 1.77. The second-order valence-corrected chi connectivity index (χ2v) is 9.23. The highest BCUT2D eigenvalue weighted by molar-refractivity contribution is 7.89. The summed E-state index contributed by atoms with van der Waals surface area (Å²) in [5.74, 6) is 0. The molecule has 1 aliphatic heterocycles. The largest absolute Gasteiger partial charge is 0.335 e. The number of unbranched alkanes of at least 4 members (excludes halogenated alkanes) is 1. The van der Waals surface area contributed by atoms with Gasteiger partial charge in [-0.15, -0.1) is 0 Å². The third kappa shape index (κ3) is 4.49. The highest BCUT2D eigenvalue weighted by Crippen LogP contribution is 2.28. The van der Waals surface area contributed by atoms with Gasteiger partial charge in [-0.05, 0) is 45.0 Å². The van der Waals surface area contributed by atoms with Crippen molar-refractivity contribution in [2.24, 2.45) is 0 Å². The Labute approximate surface area is 171 Å². The van der Waals surface area contributed by atoms with Crippen LogP contribution >= 0.6 is 0 Å². The fourth-order valence-electron chi connectivity index (χ4n) is 3.71. The second kappa shape index (κ2) is 8.61. The zero-order valence-electron chi connectivity index (χ0n) is 16.5. The number of sulfonamides is 1. The van der Waals surface area contributed by atoms with Crippen LogP contribution in [-0.2, 0) is 10.0 Å². The van der Waals surface area contributed by atoms with Crippen molar-refractivity contribution < 1.29 is 12.9 Å². The van der Waals surface area contributed by atoms with Gasteiger partial charge in [0.05, 0.1) is 11.6 Å². The summed E-state index contributed by atoms with van der Waals surface area (Å²) in [6.07, 6.45) is 5.34. The smallest absolute Gasteiger partial charge is 0.258 e. The topological polar surface area (TPSA) is 88.3 Å². The van der Waals surface area contributed by atoms with Gasteiger partial charge >= 0.3 is 0 Å². The highest BCUT2D eigenvalue weighted by atomic mass is 32.2. The van der Waals surface area contributed by atoms with Gasteiger partial charge in [0.15, 0.2) is 0 Å². The van der Waals surface area contributed by atoms with Crippen molar-refractivity contribution in [3.05, 3.63) is 42.6 Å². The van der Waals surface area contributed by atoms with Gasteiger partial charge in [-0.3, -0.25) is 0 Å². The first-order valence-electron chi connectivity index (χ1n) is 10.1. The van der Waals surface area contributed by atoms with Crippen molar-refractivity contribution in [3.63, 3.8) is 0 Å². The Bertz CT molecular complexity index is 1060. The van der Waals surface area contributed by atoms with Crippen molar-refractivity contribution in [1.29, 1.82) is 0 Å². The number of piperidine rings is 1. The SMILES string of the molecule is CCCCN1CCC(NS(=O)(=O)c2cnc3onc(-c4ccccc4)c3c2)CC1. The lowest BCUT2D eigenvalue weighted by atomic mass is 10.1. The molecular formula is C21H26N4O3S. The van der Waals surface area contributed by atoms with E-state index in [2.05, 4.69) is 26.7 Å². The molecule has 154 valence electrons. The van der Waals surface area contributed by atoms with Gasteiger partial charge in [-0.25, -0.2) is 18.1 Å². The summed E-state index contributed by atoms with van der Waals surface area (Å²) >= 11 is 0. The molecule has 1 fully saturated rings. The normalized spacial score (nSPS) is 16.4. The van der Waals surface area contributed by atoms with Gasteiger partial charge in [0.2, 0.25) is 10.0 Å². The van der Waals surface area contributed by atoms with Crippen molar-refractivity contribution in [1.82, 2.24) is 19.8 Å². The molecule has 7 nitrogen and oxygen atoms in total. The maximum Gasteiger partial charge on any atom is 0.258 e. The molecule has 1 aromatic carbocycles. The number of nitrogens with zero attached hydrogens (tertiary/aromatic N) is 3. The first-order valence-corrected chi connectivity index (χ1v) is 11.6. The van der Waals surface area contributed by atoms with Gasteiger partial charge in [0, 0.05) is 11.6 Å². The molecule has 0 radical (unpaired) electrons. The maximum absolute atomic E-state index is 13.0. The van der Waals surface area contributed by atoms with Gasteiger partial charge in [0.25, 0.3) is 5.71 Å². The van der Waals surface area contributed by atoms with Crippen LogP contribution in [0.15, 0.2) is 52.0 Å². The first-order chi connectivity index (χ1) is 14.1. The van der Waals surface area contributed by atoms with Gasteiger partial charge in [-0.2, -0.15) is 0 Å². The average molecular weight is 415 g/mol. The fraction of sp³-hybridized carbons (Fsp3) is 0.429. The summed E-state index contributed by atoms with van der Waals surface area (Å²) in [6, 6.07) is 11.1. The number of pyridine rings is 1. The Balaban J connectivity index is 1.52. The van der Waals surface area contributed by atoms with Gasteiger partial charge < -0.3 is 9.42 Å². The molecule has 2 aromatic heterocycles. The van der Waals surface area contributed by atoms with E-state index in [9.17, 15) is 8.42 Å². The first kappa shape index (κ1) is 20.0. The lowest BCUT2D eigenvalue weighted by Gasteiger charge is -2.32. The quantitative estimate of drug-likeness (QED) is 0.637. The van der Waals surface area contributed by atoms with Gasteiger partial charge in [-0.1, -0.05) is 48.8 Å². The number of likely N-dealkylation sites (tertiary alicyclic amines) is 1. The lowest BCUT2D eigenvalue weighted by molar-refractivity contribution is 0.205. The van der Waals surface area contributed by atoms with Crippen LogP contribution in [0.2, 0.25) is 0 Å².